The van der Waals surface area contributed by atoms with Gasteiger partial charge in [0.25, 0.3) is 0 Å². The molecule has 0 saturated heterocycles. The Morgan fingerprint density at radius 2 is 2.22 bits per heavy atom. The fourth-order valence-corrected chi connectivity index (χ4v) is 3.27. The summed E-state index contributed by atoms with van der Waals surface area (Å²) in [6, 6.07) is 3.73. The van der Waals surface area contributed by atoms with Gasteiger partial charge in [-0.1, -0.05) is 13.0 Å². The van der Waals surface area contributed by atoms with Crippen molar-refractivity contribution in [3.63, 3.8) is 0 Å². The highest BCUT2D eigenvalue weighted by Crippen LogP contribution is 2.38. The van der Waals surface area contributed by atoms with Crippen LogP contribution in [0.3, 0.4) is 0 Å². The second-order valence-electron chi connectivity index (χ2n) is 5.79. The molecule has 0 aromatic carbocycles. The lowest BCUT2D eigenvalue weighted by Crippen LogP contribution is -2.22. The lowest BCUT2D eigenvalue weighted by atomic mass is 9.98. The van der Waals surface area contributed by atoms with Crippen LogP contribution in [0.5, 0.6) is 0 Å². The van der Waals surface area contributed by atoms with E-state index >= 15 is 0 Å². The summed E-state index contributed by atoms with van der Waals surface area (Å²) in [5, 5.41) is 11.0. The SMILES string of the molecule is CC[C@@]1(O)CCc2ccc(-n3cc(F)c4cnc(Cl)nc43)nc21. The minimum atomic E-state index is -0.917. The van der Waals surface area contributed by atoms with E-state index in [0.29, 0.717) is 30.0 Å². The zero-order chi connectivity index (χ0) is 16.2. The maximum atomic E-state index is 14.1. The minimum Gasteiger partial charge on any atom is -0.384 e. The molecule has 3 aromatic rings. The van der Waals surface area contributed by atoms with Crippen LogP contribution in [-0.4, -0.2) is 24.6 Å². The zero-order valence-electron chi connectivity index (χ0n) is 12.4. The van der Waals surface area contributed by atoms with Gasteiger partial charge in [0.2, 0.25) is 5.28 Å². The smallest absolute Gasteiger partial charge is 0.224 e. The van der Waals surface area contributed by atoms with Gasteiger partial charge in [0, 0.05) is 12.4 Å². The van der Waals surface area contributed by atoms with E-state index in [1.54, 1.807) is 6.07 Å². The molecule has 0 bridgehead atoms. The first-order chi connectivity index (χ1) is 11.0. The highest BCUT2D eigenvalue weighted by Gasteiger charge is 2.36. The van der Waals surface area contributed by atoms with Crippen molar-refractivity contribution in [2.75, 3.05) is 0 Å². The van der Waals surface area contributed by atoms with Gasteiger partial charge >= 0.3 is 0 Å². The summed E-state index contributed by atoms with van der Waals surface area (Å²) < 4.78 is 15.6. The Kier molecular flexibility index (Phi) is 3.14. The van der Waals surface area contributed by atoms with Crippen molar-refractivity contribution in [3.05, 3.63) is 46.9 Å². The molecular weight excluding hydrogens is 319 g/mol. The van der Waals surface area contributed by atoms with Crippen molar-refractivity contribution in [1.29, 1.82) is 0 Å². The maximum Gasteiger partial charge on any atom is 0.224 e. The van der Waals surface area contributed by atoms with Crippen LogP contribution < -0.4 is 0 Å². The van der Waals surface area contributed by atoms with Crippen molar-refractivity contribution >= 4 is 22.6 Å². The first kappa shape index (κ1) is 14.5. The standard InChI is InChI=1S/C16H14ClFN4O/c1-2-16(23)6-5-9-3-4-12(20-13(9)16)22-8-11(18)10-7-19-15(17)21-14(10)22/h3-4,7-8,23H,2,5-6H2,1H3/t16-/m1/s1. The maximum absolute atomic E-state index is 14.1. The summed E-state index contributed by atoms with van der Waals surface area (Å²) in [5.41, 5.74) is 1.13. The average Bonchev–Trinajstić information content (AvgIpc) is 3.06. The number of pyridine rings is 1. The molecule has 7 heteroatoms. The van der Waals surface area contributed by atoms with Crippen LogP contribution in [0.2, 0.25) is 5.28 Å². The van der Waals surface area contributed by atoms with E-state index in [1.165, 1.54) is 17.0 Å². The highest BCUT2D eigenvalue weighted by molar-refractivity contribution is 6.28. The second-order valence-corrected chi connectivity index (χ2v) is 6.12. The van der Waals surface area contributed by atoms with Crippen LogP contribution in [0.1, 0.15) is 31.0 Å². The van der Waals surface area contributed by atoms with Gasteiger partial charge in [0.05, 0.1) is 11.1 Å². The highest BCUT2D eigenvalue weighted by atomic mass is 35.5. The number of hydrogen-bond donors (Lipinski definition) is 1. The third-order valence-corrected chi connectivity index (χ3v) is 4.69. The van der Waals surface area contributed by atoms with E-state index in [9.17, 15) is 9.50 Å². The lowest BCUT2D eigenvalue weighted by Gasteiger charge is -2.21. The summed E-state index contributed by atoms with van der Waals surface area (Å²) in [6.07, 6.45) is 4.70. The van der Waals surface area contributed by atoms with Gasteiger partial charge in [-0.05, 0) is 42.5 Å². The van der Waals surface area contributed by atoms with Crippen molar-refractivity contribution in [2.45, 2.75) is 31.8 Å². The minimum absolute atomic E-state index is 0.0445. The molecule has 5 nitrogen and oxygen atoms in total. The molecule has 0 unspecified atom stereocenters. The molecule has 1 aliphatic carbocycles. The van der Waals surface area contributed by atoms with Crippen molar-refractivity contribution < 1.29 is 9.50 Å². The summed E-state index contributed by atoms with van der Waals surface area (Å²) in [7, 11) is 0. The number of aliphatic hydroxyl groups is 1. The molecule has 0 saturated carbocycles. The van der Waals surface area contributed by atoms with Gasteiger partial charge in [0.15, 0.2) is 11.5 Å². The van der Waals surface area contributed by atoms with Crippen LogP contribution >= 0.6 is 11.6 Å². The monoisotopic (exact) mass is 332 g/mol. The number of hydrogen-bond acceptors (Lipinski definition) is 4. The molecule has 1 N–H and O–H groups in total. The quantitative estimate of drug-likeness (QED) is 0.732. The number of halogens is 2. The Morgan fingerprint density at radius 3 is 3.00 bits per heavy atom. The Bertz CT molecular complexity index is 926. The first-order valence-electron chi connectivity index (χ1n) is 7.44. The Hall–Kier alpha value is -2.05. The summed E-state index contributed by atoms with van der Waals surface area (Å²) in [4.78, 5) is 12.5. The second kappa shape index (κ2) is 4.97. The number of fused-ring (bicyclic) bond motifs is 2. The van der Waals surface area contributed by atoms with Crippen molar-refractivity contribution in [3.8, 4) is 5.82 Å². The summed E-state index contributed by atoms with van der Waals surface area (Å²) in [6.45, 7) is 1.93. The normalized spacial score (nSPS) is 20.2. The molecule has 1 atom stereocenters. The number of aryl methyl sites for hydroxylation is 1. The lowest BCUT2D eigenvalue weighted by molar-refractivity contribution is 0.0306. The summed E-state index contributed by atoms with van der Waals surface area (Å²) in [5.74, 6) is 0.0610. The molecule has 1 aliphatic rings. The largest absolute Gasteiger partial charge is 0.384 e. The molecular formula is C16H14ClFN4O. The molecule has 0 fully saturated rings. The van der Waals surface area contributed by atoms with Crippen molar-refractivity contribution in [2.24, 2.45) is 0 Å². The third-order valence-electron chi connectivity index (χ3n) is 4.51. The van der Waals surface area contributed by atoms with E-state index in [1.807, 2.05) is 13.0 Å². The van der Waals surface area contributed by atoms with Gasteiger partial charge in [-0.2, -0.15) is 4.98 Å². The number of rotatable bonds is 2. The molecule has 0 aliphatic heterocycles. The zero-order valence-corrected chi connectivity index (χ0v) is 13.2. The van der Waals surface area contributed by atoms with Gasteiger partial charge in [0.1, 0.15) is 11.4 Å². The molecule has 0 spiro atoms. The van der Waals surface area contributed by atoms with E-state index < -0.39 is 11.4 Å². The van der Waals surface area contributed by atoms with Gasteiger partial charge in [-0.15, -0.1) is 0 Å². The van der Waals surface area contributed by atoms with Crippen LogP contribution in [-0.2, 0) is 12.0 Å². The Balaban J connectivity index is 1.93. The topological polar surface area (TPSA) is 63.8 Å². The summed E-state index contributed by atoms with van der Waals surface area (Å²) >= 11 is 5.83. The van der Waals surface area contributed by atoms with Crippen LogP contribution in [0.15, 0.2) is 24.5 Å². The van der Waals surface area contributed by atoms with E-state index in [-0.39, 0.29) is 10.7 Å². The fourth-order valence-electron chi connectivity index (χ4n) is 3.14. The molecule has 118 valence electrons. The molecule has 4 rings (SSSR count). The molecule has 23 heavy (non-hydrogen) atoms. The van der Waals surface area contributed by atoms with Crippen LogP contribution in [0.25, 0.3) is 16.9 Å². The third kappa shape index (κ3) is 2.13. The number of aromatic nitrogens is 4. The fraction of sp³-hybridized carbons (Fsp3) is 0.312. The molecule has 3 aromatic heterocycles. The van der Waals surface area contributed by atoms with Gasteiger partial charge < -0.3 is 5.11 Å². The molecule has 0 amide bonds. The van der Waals surface area contributed by atoms with Crippen LogP contribution in [0.4, 0.5) is 4.39 Å². The van der Waals surface area contributed by atoms with Gasteiger partial charge in [-0.25, -0.2) is 14.4 Å². The van der Waals surface area contributed by atoms with Crippen LogP contribution in [0, 0.1) is 5.82 Å². The van der Waals surface area contributed by atoms with E-state index in [0.717, 1.165) is 12.0 Å². The predicted molar refractivity (Wildman–Crippen MR) is 84.1 cm³/mol. The van der Waals surface area contributed by atoms with E-state index in [2.05, 4.69) is 15.0 Å². The molecule has 0 radical (unpaired) electrons. The number of nitrogens with zero attached hydrogens (tertiary/aromatic N) is 4. The Morgan fingerprint density at radius 1 is 1.39 bits per heavy atom. The van der Waals surface area contributed by atoms with Gasteiger partial charge in [-0.3, -0.25) is 4.57 Å². The van der Waals surface area contributed by atoms with Crippen molar-refractivity contribution in [1.82, 2.24) is 19.5 Å². The van der Waals surface area contributed by atoms with E-state index in [4.69, 9.17) is 11.6 Å². The average molecular weight is 333 g/mol. The first-order valence-corrected chi connectivity index (χ1v) is 7.82. The molecule has 3 heterocycles. The predicted octanol–water partition coefficient (Wildman–Crippen LogP) is 3.15. The Labute approximate surface area is 136 Å².